The smallest absolute Gasteiger partial charge is 0.326 e. The van der Waals surface area contributed by atoms with Gasteiger partial charge in [0.05, 0.1) is 6.61 Å². The molecule has 0 fully saturated rings. The molecule has 0 radical (unpaired) electrons. The lowest BCUT2D eigenvalue weighted by Crippen LogP contribution is -2.53. The van der Waals surface area contributed by atoms with E-state index in [1.54, 1.807) is 0 Å². The Hall–Kier alpha value is -1.91. The summed E-state index contributed by atoms with van der Waals surface area (Å²) in [5.41, 5.74) is 4.84. The van der Waals surface area contributed by atoms with Gasteiger partial charge in [-0.05, 0) is 16.3 Å². The molecule has 2 rings (SSSR count). The normalized spacial score (nSPS) is 14.3. The van der Waals surface area contributed by atoms with Crippen LogP contribution >= 0.6 is 0 Å². The van der Waals surface area contributed by atoms with Gasteiger partial charge in [0.2, 0.25) is 0 Å². The van der Waals surface area contributed by atoms with Crippen LogP contribution in [0.5, 0.6) is 0 Å². The van der Waals surface area contributed by atoms with Crippen molar-refractivity contribution >= 4 is 16.7 Å². The molecule has 94 valence electrons. The standard InChI is InChI=1S/C14H15NO3/c15-14(9-16,13(17)18)8-10-5-6-11-3-1-2-4-12(11)7-10/h1-7,16H,8-9,15H2,(H,17,18)/t14-/m0/s1. The van der Waals surface area contributed by atoms with Crippen molar-refractivity contribution in [2.75, 3.05) is 6.61 Å². The van der Waals surface area contributed by atoms with Crippen molar-refractivity contribution in [3.8, 4) is 0 Å². The van der Waals surface area contributed by atoms with Crippen molar-refractivity contribution in [3.05, 3.63) is 48.0 Å². The summed E-state index contributed by atoms with van der Waals surface area (Å²) in [6.45, 7) is -0.588. The number of carboxylic acid groups (broad SMARTS) is 1. The van der Waals surface area contributed by atoms with Crippen LogP contribution in [0.2, 0.25) is 0 Å². The van der Waals surface area contributed by atoms with Gasteiger partial charge in [-0.1, -0.05) is 42.5 Å². The summed E-state index contributed by atoms with van der Waals surface area (Å²) in [6, 6.07) is 13.5. The average Bonchev–Trinajstić information content (AvgIpc) is 2.38. The average molecular weight is 245 g/mol. The summed E-state index contributed by atoms with van der Waals surface area (Å²) in [4.78, 5) is 11.0. The zero-order chi connectivity index (χ0) is 13.2. The maximum atomic E-state index is 11.0. The predicted octanol–water partition coefficient (Wildman–Crippen LogP) is 1.16. The minimum absolute atomic E-state index is 0.101. The summed E-state index contributed by atoms with van der Waals surface area (Å²) >= 11 is 0. The molecule has 0 aliphatic heterocycles. The molecule has 0 aliphatic rings. The van der Waals surface area contributed by atoms with Crippen LogP contribution < -0.4 is 5.73 Å². The van der Waals surface area contributed by atoms with Gasteiger partial charge in [0.1, 0.15) is 5.54 Å². The van der Waals surface area contributed by atoms with Gasteiger partial charge in [-0.2, -0.15) is 0 Å². The van der Waals surface area contributed by atoms with Crippen molar-refractivity contribution in [1.82, 2.24) is 0 Å². The monoisotopic (exact) mass is 245 g/mol. The molecule has 0 unspecified atom stereocenters. The second-order valence-corrected chi connectivity index (χ2v) is 4.48. The topological polar surface area (TPSA) is 83.5 Å². The van der Waals surface area contributed by atoms with Crippen LogP contribution in [-0.4, -0.2) is 28.3 Å². The minimum atomic E-state index is -1.62. The molecule has 1 atom stereocenters. The van der Waals surface area contributed by atoms with E-state index in [9.17, 15) is 4.79 Å². The van der Waals surface area contributed by atoms with E-state index in [0.717, 1.165) is 16.3 Å². The lowest BCUT2D eigenvalue weighted by molar-refractivity contribution is -0.144. The Bertz CT molecular complexity index is 582. The van der Waals surface area contributed by atoms with Gasteiger partial charge in [0, 0.05) is 6.42 Å². The highest BCUT2D eigenvalue weighted by Gasteiger charge is 2.33. The van der Waals surface area contributed by atoms with E-state index in [4.69, 9.17) is 15.9 Å². The quantitative estimate of drug-likeness (QED) is 0.754. The zero-order valence-corrected chi connectivity index (χ0v) is 9.84. The lowest BCUT2D eigenvalue weighted by Gasteiger charge is -2.22. The minimum Gasteiger partial charge on any atom is -0.480 e. The van der Waals surface area contributed by atoms with Crippen molar-refractivity contribution < 1.29 is 15.0 Å². The summed E-state index contributed by atoms with van der Waals surface area (Å²) in [7, 11) is 0. The molecule has 0 spiro atoms. The highest BCUT2D eigenvalue weighted by atomic mass is 16.4. The van der Waals surface area contributed by atoms with Gasteiger partial charge in [-0.25, -0.2) is 0 Å². The first-order chi connectivity index (χ1) is 8.55. The molecule has 0 amide bonds. The van der Waals surface area contributed by atoms with Crippen molar-refractivity contribution in [1.29, 1.82) is 0 Å². The van der Waals surface area contributed by atoms with Gasteiger partial charge in [0.25, 0.3) is 0 Å². The van der Waals surface area contributed by atoms with E-state index in [2.05, 4.69) is 0 Å². The third-order valence-corrected chi connectivity index (χ3v) is 3.04. The molecule has 2 aromatic rings. The molecule has 0 heterocycles. The predicted molar refractivity (Wildman–Crippen MR) is 69.3 cm³/mol. The third-order valence-electron chi connectivity index (χ3n) is 3.04. The molecule has 4 N–H and O–H groups in total. The fourth-order valence-electron chi connectivity index (χ4n) is 1.91. The fraction of sp³-hybridized carbons (Fsp3) is 0.214. The molecular formula is C14H15NO3. The van der Waals surface area contributed by atoms with E-state index in [-0.39, 0.29) is 6.42 Å². The van der Waals surface area contributed by atoms with Crippen molar-refractivity contribution in [2.24, 2.45) is 5.73 Å². The van der Waals surface area contributed by atoms with Gasteiger partial charge in [0.15, 0.2) is 0 Å². The Morgan fingerprint density at radius 1 is 1.17 bits per heavy atom. The van der Waals surface area contributed by atoms with Gasteiger partial charge >= 0.3 is 5.97 Å². The molecule has 0 aliphatic carbocycles. The molecule has 2 aromatic carbocycles. The van der Waals surface area contributed by atoms with Crippen LogP contribution in [0.1, 0.15) is 5.56 Å². The molecule has 0 saturated heterocycles. The largest absolute Gasteiger partial charge is 0.480 e. The molecule has 0 bridgehead atoms. The van der Waals surface area contributed by atoms with Gasteiger partial charge in [-0.3, -0.25) is 4.79 Å². The SMILES string of the molecule is N[C@](CO)(Cc1ccc2ccccc2c1)C(=O)O. The lowest BCUT2D eigenvalue weighted by atomic mass is 9.92. The number of aliphatic hydroxyl groups is 1. The fourth-order valence-corrected chi connectivity index (χ4v) is 1.91. The first-order valence-corrected chi connectivity index (χ1v) is 5.66. The van der Waals surface area contributed by atoms with E-state index in [0.29, 0.717) is 0 Å². The number of carboxylic acids is 1. The number of hydrogen-bond donors (Lipinski definition) is 3. The number of rotatable bonds is 4. The number of benzene rings is 2. The Morgan fingerprint density at radius 2 is 1.83 bits per heavy atom. The number of nitrogens with two attached hydrogens (primary N) is 1. The van der Waals surface area contributed by atoms with Gasteiger partial charge in [-0.15, -0.1) is 0 Å². The number of hydrogen-bond acceptors (Lipinski definition) is 3. The van der Waals surface area contributed by atoms with Crippen LogP contribution in [0, 0.1) is 0 Å². The summed E-state index contributed by atoms with van der Waals surface area (Å²) in [5.74, 6) is -1.20. The zero-order valence-electron chi connectivity index (χ0n) is 9.84. The molecule has 4 heteroatoms. The number of aliphatic hydroxyl groups excluding tert-OH is 1. The Kier molecular flexibility index (Phi) is 3.32. The van der Waals surface area contributed by atoms with Crippen molar-refractivity contribution in [3.63, 3.8) is 0 Å². The molecule has 0 saturated carbocycles. The number of aliphatic carboxylic acids is 1. The van der Waals surface area contributed by atoms with Crippen molar-refractivity contribution in [2.45, 2.75) is 12.0 Å². The Balaban J connectivity index is 2.34. The van der Waals surface area contributed by atoms with Crippen LogP contribution in [0.25, 0.3) is 10.8 Å². The molecular weight excluding hydrogens is 230 g/mol. The summed E-state index contributed by atoms with van der Waals surface area (Å²) in [5, 5.41) is 20.3. The maximum Gasteiger partial charge on any atom is 0.326 e. The van der Waals surface area contributed by atoms with Gasteiger partial charge < -0.3 is 15.9 Å². The number of fused-ring (bicyclic) bond motifs is 1. The van der Waals surface area contributed by atoms with Crippen LogP contribution in [0.3, 0.4) is 0 Å². The second-order valence-electron chi connectivity index (χ2n) is 4.48. The molecule has 0 aromatic heterocycles. The number of carbonyl (C=O) groups is 1. The Morgan fingerprint density at radius 3 is 2.44 bits per heavy atom. The summed E-state index contributed by atoms with van der Waals surface area (Å²) in [6.07, 6.45) is 0.101. The maximum absolute atomic E-state index is 11.0. The van der Waals surface area contributed by atoms with Crippen LogP contribution in [-0.2, 0) is 11.2 Å². The van der Waals surface area contributed by atoms with E-state index < -0.39 is 18.1 Å². The van der Waals surface area contributed by atoms with E-state index >= 15 is 0 Å². The highest BCUT2D eigenvalue weighted by Crippen LogP contribution is 2.18. The first kappa shape index (κ1) is 12.5. The molecule has 4 nitrogen and oxygen atoms in total. The summed E-state index contributed by atoms with van der Waals surface area (Å²) < 4.78 is 0. The highest BCUT2D eigenvalue weighted by molar-refractivity contribution is 5.84. The van der Waals surface area contributed by atoms with E-state index in [1.165, 1.54) is 0 Å². The third kappa shape index (κ3) is 2.34. The van der Waals surface area contributed by atoms with E-state index in [1.807, 2.05) is 42.5 Å². The second kappa shape index (κ2) is 4.76. The first-order valence-electron chi connectivity index (χ1n) is 5.66. The van der Waals surface area contributed by atoms with Crippen LogP contribution in [0.15, 0.2) is 42.5 Å². The molecule has 18 heavy (non-hydrogen) atoms. The Labute approximate surface area is 105 Å². The van der Waals surface area contributed by atoms with Crippen LogP contribution in [0.4, 0.5) is 0 Å².